The van der Waals surface area contributed by atoms with Gasteiger partial charge in [-0.25, -0.2) is 9.48 Å². The topological polar surface area (TPSA) is 70.4 Å². The number of aliphatic hydroxyl groups is 1. The predicted molar refractivity (Wildman–Crippen MR) is 91.8 cm³/mol. The number of amides is 2. The van der Waals surface area contributed by atoms with Crippen LogP contribution in [0.5, 0.6) is 0 Å². The lowest BCUT2D eigenvalue weighted by atomic mass is 9.92. The van der Waals surface area contributed by atoms with Crippen LogP contribution in [0.25, 0.3) is 0 Å². The molecule has 2 rings (SSSR count). The zero-order valence-electron chi connectivity index (χ0n) is 15.2. The number of likely N-dealkylation sites (tertiary alicyclic amines) is 1. The molecule has 6 nitrogen and oxygen atoms in total. The highest BCUT2D eigenvalue weighted by atomic mass is 16.3. The third kappa shape index (κ3) is 4.25. The summed E-state index contributed by atoms with van der Waals surface area (Å²) in [5.41, 5.74) is 0.631. The standard InChI is InChI=1S/C17H30N4O2/c1-16(2,3)13-10-14(21(19-13)17(4,5)6)18-15(23)20-9-7-8-12(22)11-20/h10,12,22H,7-9,11H2,1-6H3,(H,18,23)/t12-/m0/s1. The van der Waals surface area contributed by atoms with Crippen molar-refractivity contribution in [3.8, 4) is 0 Å². The SMILES string of the molecule is CC(C)(C)c1cc(NC(=O)N2CCC[C@H](O)C2)n(C(C)(C)C)n1. The molecule has 1 aliphatic rings. The third-order valence-electron chi connectivity index (χ3n) is 4.03. The average molecular weight is 322 g/mol. The number of aliphatic hydroxyl groups excluding tert-OH is 1. The summed E-state index contributed by atoms with van der Waals surface area (Å²) in [6, 6.07) is 1.78. The van der Waals surface area contributed by atoms with Crippen molar-refractivity contribution in [3.05, 3.63) is 11.8 Å². The Morgan fingerprint density at radius 3 is 2.48 bits per heavy atom. The van der Waals surface area contributed by atoms with Crippen molar-refractivity contribution >= 4 is 11.8 Å². The van der Waals surface area contributed by atoms with E-state index in [4.69, 9.17) is 5.10 Å². The van der Waals surface area contributed by atoms with Crippen LogP contribution in [-0.2, 0) is 11.0 Å². The van der Waals surface area contributed by atoms with Crippen LogP contribution >= 0.6 is 0 Å². The van der Waals surface area contributed by atoms with E-state index in [1.54, 1.807) is 4.90 Å². The smallest absolute Gasteiger partial charge is 0.323 e. The fraction of sp³-hybridized carbons (Fsp3) is 0.765. The minimum absolute atomic E-state index is 0.0860. The lowest BCUT2D eigenvalue weighted by molar-refractivity contribution is 0.0882. The van der Waals surface area contributed by atoms with E-state index in [0.29, 0.717) is 18.9 Å². The Hall–Kier alpha value is -1.56. The molecule has 2 heterocycles. The number of aromatic nitrogens is 2. The van der Waals surface area contributed by atoms with Gasteiger partial charge in [-0.2, -0.15) is 5.10 Å². The van der Waals surface area contributed by atoms with Crippen molar-refractivity contribution in [2.75, 3.05) is 18.4 Å². The predicted octanol–water partition coefficient (Wildman–Crippen LogP) is 2.92. The van der Waals surface area contributed by atoms with Crippen LogP contribution in [0.4, 0.5) is 10.6 Å². The highest BCUT2D eigenvalue weighted by molar-refractivity contribution is 5.88. The van der Waals surface area contributed by atoms with Crippen LogP contribution in [-0.4, -0.2) is 45.0 Å². The van der Waals surface area contributed by atoms with E-state index in [1.165, 1.54) is 0 Å². The molecule has 1 saturated heterocycles. The Morgan fingerprint density at radius 2 is 1.96 bits per heavy atom. The van der Waals surface area contributed by atoms with Crippen molar-refractivity contribution in [3.63, 3.8) is 0 Å². The van der Waals surface area contributed by atoms with Gasteiger partial charge in [0.1, 0.15) is 5.82 Å². The molecular weight excluding hydrogens is 292 g/mol. The van der Waals surface area contributed by atoms with Gasteiger partial charge in [0.15, 0.2) is 0 Å². The number of hydrogen-bond donors (Lipinski definition) is 2. The van der Waals surface area contributed by atoms with Gasteiger partial charge >= 0.3 is 6.03 Å². The molecule has 0 aromatic carbocycles. The van der Waals surface area contributed by atoms with Crippen molar-refractivity contribution in [1.29, 1.82) is 0 Å². The summed E-state index contributed by atoms with van der Waals surface area (Å²) in [6.07, 6.45) is 1.17. The molecule has 6 heteroatoms. The largest absolute Gasteiger partial charge is 0.391 e. The number of urea groups is 1. The lowest BCUT2D eigenvalue weighted by Gasteiger charge is -2.30. The van der Waals surface area contributed by atoms with Crippen LogP contribution in [0.1, 0.15) is 60.1 Å². The Kier molecular flexibility index (Phi) is 4.76. The Bertz CT molecular complexity index is 566. The number of hydrogen-bond acceptors (Lipinski definition) is 3. The second-order valence-corrected chi connectivity index (χ2v) is 8.42. The van der Waals surface area contributed by atoms with Gasteiger partial charge in [0.25, 0.3) is 0 Å². The van der Waals surface area contributed by atoms with Crippen molar-refractivity contribution in [2.45, 2.75) is 71.4 Å². The van der Waals surface area contributed by atoms with Gasteiger partial charge in [0, 0.05) is 24.6 Å². The molecule has 1 atom stereocenters. The molecule has 0 unspecified atom stereocenters. The highest BCUT2D eigenvalue weighted by Crippen LogP contribution is 2.28. The molecule has 1 fully saturated rings. The van der Waals surface area contributed by atoms with Gasteiger partial charge in [0.2, 0.25) is 0 Å². The van der Waals surface area contributed by atoms with E-state index in [1.807, 2.05) is 10.7 Å². The van der Waals surface area contributed by atoms with Gasteiger partial charge < -0.3 is 10.0 Å². The normalized spacial score (nSPS) is 19.8. The zero-order chi connectivity index (χ0) is 17.4. The van der Waals surface area contributed by atoms with Crippen LogP contribution in [0.2, 0.25) is 0 Å². The fourth-order valence-electron chi connectivity index (χ4n) is 2.68. The van der Waals surface area contributed by atoms with Crippen molar-refractivity contribution in [1.82, 2.24) is 14.7 Å². The molecule has 0 aliphatic carbocycles. The summed E-state index contributed by atoms with van der Waals surface area (Å²) in [4.78, 5) is 14.2. The van der Waals surface area contributed by atoms with E-state index in [-0.39, 0.29) is 17.0 Å². The summed E-state index contributed by atoms with van der Waals surface area (Å²) in [5, 5.41) is 17.4. The van der Waals surface area contributed by atoms with Crippen molar-refractivity contribution in [2.24, 2.45) is 0 Å². The monoisotopic (exact) mass is 322 g/mol. The number of piperidine rings is 1. The molecule has 0 spiro atoms. The first-order chi connectivity index (χ1) is 10.5. The summed E-state index contributed by atoms with van der Waals surface area (Å²) in [6.45, 7) is 13.6. The molecule has 2 N–H and O–H groups in total. The molecule has 2 amide bonds. The quantitative estimate of drug-likeness (QED) is 0.835. The van der Waals surface area contributed by atoms with Gasteiger partial charge in [-0.1, -0.05) is 20.8 Å². The Balaban J connectivity index is 2.24. The van der Waals surface area contributed by atoms with Crippen molar-refractivity contribution < 1.29 is 9.90 Å². The number of anilines is 1. The van der Waals surface area contributed by atoms with Gasteiger partial charge in [0.05, 0.1) is 17.3 Å². The van der Waals surface area contributed by atoms with E-state index in [0.717, 1.165) is 18.5 Å². The first-order valence-corrected chi connectivity index (χ1v) is 8.33. The Labute approximate surface area is 138 Å². The van der Waals surface area contributed by atoms with Crippen LogP contribution in [0, 0.1) is 0 Å². The van der Waals surface area contributed by atoms with E-state index in [9.17, 15) is 9.90 Å². The number of carbonyl (C=O) groups is 1. The second-order valence-electron chi connectivity index (χ2n) is 8.42. The molecule has 1 aliphatic heterocycles. The first kappa shape index (κ1) is 17.8. The maximum atomic E-state index is 12.5. The minimum atomic E-state index is -0.424. The summed E-state index contributed by atoms with van der Waals surface area (Å²) < 4.78 is 1.87. The maximum Gasteiger partial charge on any atom is 0.323 e. The molecule has 0 bridgehead atoms. The highest BCUT2D eigenvalue weighted by Gasteiger charge is 2.28. The molecule has 0 saturated carbocycles. The summed E-state index contributed by atoms with van der Waals surface area (Å²) in [5.74, 6) is 0.701. The van der Waals surface area contributed by atoms with Crippen LogP contribution in [0.15, 0.2) is 6.07 Å². The third-order valence-corrected chi connectivity index (χ3v) is 4.03. The molecule has 130 valence electrons. The van der Waals surface area contributed by atoms with Gasteiger partial charge in [-0.05, 0) is 33.6 Å². The van der Waals surface area contributed by atoms with Gasteiger partial charge in [-0.3, -0.25) is 5.32 Å². The molecule has 1 aromatic heterocycles. The number of nitrogens with one attached hydrogen (secondary N) is 1. The van der Waals surface area contributed by atoms with E-state index in [2.05, 4.69) is 46.9 Å². The maximum absolute atomic E-state index is 12.5. The molecule has 1 aromatic rings. The Morgan fingerprint density at radius 1 is 1.30 bits per heavy atom. The number of nitrogens with zero attached hydrogens (tertiary/aromatic N) is 3. The first-order valence-electron chi connectivity index (χ1n) is 8.33. The van der Waals surface area contributed by atoms with Gasteiger partial charge in [-0.15, -0.1) is 0 Å². The minimum Gasteiger partial charge on any atom is -0.391 e. The molecular formula is C17H30N4O2. The number of rotatable bonds is 1. The fourth-order valence-corrected chi connectivity index (χ4v) is 2.68. The van der Waals surface area contributed by atoms with E-state index < -0.39 is 6.10 Å². The second kappa shape index (κ2) is 6.15. The zero-order valence-corrected chi connectivity index (χ0v) is 15.2. The molecule has 23 heavy (non-hydrogen) atoms. The number of β-amino-alcohol motifs (C(OH)–C–C–N with tert-alkyl or cyclic N) is 1. The van der Waals surface area contributed by atoms with Crippen LogP contribution < -0.4 is 5.32 Å². The molecule has 0 radical (unpaired) electrons. The number of carbonyl (C=O) groups excluding carboxylic acids is 1. The van der Waals surface area contributed by atoms with E-state index >= 15 is 0 Å². The summed E-state index contributed by atoms with van der Waals surface area (Å²) in [7, 11) is 0. The summed E-state index contributed by atoms with van der Waals surface area (Å²) >= 11 is 0. The lowest BCUT2D eigenvalue weighted by Crippen LogP contribution is -2.44. The average Bonchev–Trinajstić information content (AvgIpc) is 2.82. The van der Waals surface area contributed by atoms with Crippen LogP contribution in [0.3, 0.4) is 0 Å².